The van der Waals surface area contributed by atoms with Gasteiger partial charge in [-0.25, -0.2) is 0 Å². The van der Waals surface area contributed by atoms with Crippen LogP contribution in [0.1, 0.15) is 23.2 Å². The topological polar surface area (TPSA) is 29.1 Å². The largest absolute Gasteiger partial charge is 0.411 e. The molecular weight excluding hydrogens is 334 g/mol. The molecule has 18 heavy (non-hydrogen) atoms. The van der Waals surface area contributed by atoms with E-state index in [1.807, 2.05) is 5.32 Å². The minimum atomic E-state index is -4.43. The fraction of sp³-hybridized carbons (Fsp3) is 0.364. The van der Waals surface area contributed by atoms with Crippen molar-refractivity contribution in [3.8, 4) is 0 Å². The molecule has 0 aliphatic heterocycles. The van der Waals surface area contributed by atoms with Gasteiger partial charge < -0.3 is 5.32 Å². The average molecular weight is 343 g/mol. The molecule has 0 heterocycles. The Labute approximate surface area is 115 Å². The summed E-state index contributed by atoms with van der Waals surface area (Å²) in [6.07, 6.45) is -4.61. The van der Waals surface area contributed by atoms with E-state index in [0.717, 1.165) is 0 Å². The Morgan fingerprint density at radius 1 is 1.39 bits per heavy atom. The summed E-state index contributed by atoms with van der Waals surface area (Å²) in [4.78, 5) is 11.8. The van der Waals surface area contributed by atoms with Gasteiger partial charge in [-0.3, -0.25) is 4.79 Å². The molecule has 1 fully saturated rings. The molecule has 1 aliphatic carbocycles. The molecule has 0 atom stereocenters. The van der Waals surface area contributed by atoms with Gasteiger partial charge in [0.2, 0.25) is 0 Å². The van der Waals surface area contributed by atoms with Gasteiger partial charge in [0, 0.05) is 4.47 Å². The zero-order valence-electron chi connectivity index (χ0n) is 8.94. The van der Waals surface area contributed by atoms with E-state index in [4.69, 9.17) is 11.6 Å². The van der Waals surface area contributed by atoms with Gasteiger partial charge in [-0.1, -0.05) is 17.7 Å². The molecule has 0 radical (unpaired) electrons. The van der Waals surface area contributed by atoms with E-state index < -0.39 is 17.6 Å². The average Bonchev–Trinajstić information content (AvgIpc) is 3.02. The van der Waals surface area contributed by atoms with Crippen molar-refractivity contribution < 1.29 is 18.0 Å². The Bertz CT molecular complexity index is 500. The highest BCUT2D eigenvalue weighted by molar-refractivity contribution is 9.10. The van der Waals surface area contributed by atoms with E-state index >= 15 is 0 Å². The standard InChI is InChI=1S/C11H8BrClF3NO/c12-7-3-1-2-6(8(7)13)9(18)17-10(4-5-10)11(14,15)16/h1-3H,4-5H2,(H,17,18). The Balaban J connectivity index is 2.21. The first kappa shape index (κ1) is 13.7. The minimum Gasteiger partial charge on any atom is -0.338 e. The first-order valence-electron chi connectivity index (χ1n) is 5.10. The van der Waals surface area contributed by atoms with Crippen molar-refractivity contribution in [3.05, 3.63) is 33.3 Å². The summed E-state index contributed by atoms with van der Waals surface area (Å²) in [5.41, 5.74) is -2.04. The number of carbonyl (C=O) groups excluding carboxylic acids is 1. The van der Waals surface area contributed by atoms with Crippen LogP contribution < -0.4 is 5.32 Å². The van der Waals surface area contributed by atoms with Crippen LogP contribution >= 0.6 is 27.5 Å². The zero-order chi connectivity index (χ0) is 13.6. The summed E-state index contributed by atoms with van der Waals surface area (Å²) in [6, 6.07) is 4.53. The van der Waals surface area contributed by atoms with E-state index in [-0.39, 0.29) is 23.4 Å². The summed E-state index contributed by atoms with van der Waals surface area (Å²) in [6.45, 7) is 0. The lowest BCUT2D eigenvalue weighted by atomic mass is 10.1. The van der Waals surface area contributed by atoms with Crippen molar-refractivity contribution >= 4 is 33.4 Å². The Kier molecular flexibility index (Phi) is 3.36. The van der Waals surface area contributed by atoms with Gasteiger partial charge in [0.15, 0.2) is 0 Å². The molecule has 1 aliphatic rings. The monoisotopic (exact) mass is 341 g/mol. The molecule has 0 aromatic heterocycles. The van der Waals surface area contributed by atoms with Gasteiger partial charge in [-0.05, 0) is 40.9 Å². The lowest BCUT2D eigenvalue weighted by Gasteiger charge is -2.21. The number of hydrogen-bond acceptors (Lipinski definition) is 1. The number of carbonyl (C=O) groups is 1. The lowest BCUT2D eigenvalue weighted by molar-refractivity contribution is -0.163. The SMILES string of the molecule is O=C(NC1(C(F)(F)F)CC1)c1cccc(Br)c1Cl. The molecule has 1 aromatic carbocycles. The second-order valence-corrected chi connectivity index (χ2v) is 5.37. The van der Waals surface area contributed by atoms with Crippen molar-refractivity contribution in [2.24, 2.45) is 0 Å². The summed E-state index contributed by atoms with van der Waals surface area (Å²) in [5.74, 6) is -0.809. The predicted octanol–water partition coefficient (Wildman–Crippen LogP) is 3.93. The summed E-state index contributed by atoms with van der Waals surface area (Å²) >= 11 is 8.98. The summed E-state index contributed by atoms with van der Waals surface area (Å²) in [5, 5.41) is 2.13. The minimum absolute atomic E-state index is 0.0292. The van der Waals surface area contributed by atoms with E-state index in [9.17, 15) is 18.0 Å². The molecular formula is C11H8BrClF3NO. The van der Waals surface area contributed by atoms with Gasteiger partial charge in [-0.2, -0.15) is 13.2 Å². The molecule has 2 rings (SSSR count). The number of nitrogens with one attached hydrogen (secondary N) is 1. The summed E-state index contributed by atoms with van der Waals surface area (Å²) < 4.78 is 38.6. The molecule has 7 heteroatoms. The Morgan fingerprint density at radius 2 is 2.00 bits per heavy atom. The zero-order valence-corrected chi connectivity index (χ0v) is 11.3. The maximum atomic E-state index is 12.7. The molecule has 1 saturated carbocycles. The van der Waals surface area contributed by atoms with Gasteiger partial charge in [0.05, 0.1) is 10.6 Å². The molecule has 1 aromatic rings. The number of hydrogen-bond donors (Lipinski definition) is 1. The van der Waals surface area contributed by atoms with E-state index in [1.54, 1.807) is 6.07 Å². The molecule has 0 saturated heterocycles. The van der Waals surface area contributed by atoms with Crippen molar-refractivity contribution in [1.82, 2.24) is 5.32 Å². The number of halogens is 5. The quantitative estimate of drug-likeness (QED) is 0.867. The van der Waals surface area contributed by atoms with Crippen LogP contribution in [0.4, 0.5) is 13.2 Å². The third-order valence-electron chi connectivity index (χ3n) is 2.84. The molecule has 0 spiro atoms. The van der Waals surface area contributed by atoms with Crippen LogP contribution in [-0.2, 0) is 0 Å². The lowest BCUT2D eigenvalue weighted by Crippen LogP contribution is -2.47. The first-order chi connectivity index (χ1) is 8.27. The smallest absolute Gasteiger partial charge is 0.338 e. The molecule has 2 nitrogen and oxygen atoms in total. The second-order valence-electron chi connectivity index (χ2n) is 4.14. The molecule has 1 N–H and O–H groups in total. The van der Waals surface area contributed by atoms with Crippen LogP contribution in [0, 0.1) is 0 Å². The molecule has 0 bridgehead atoms. The highest BCUT2D eigenvalue weighted by Crippen LogP contribution is 2.49. The van der Waals surface area contributed by atoms with E-state index in [2.05, 4.69) is 15.9 Å². The summed E-state index contributed by atoms with van der Waals surface area (Å²) in [7, 11) is 0. The van der Waals surface area contributed by atoms with Crippen molar-refractivity contribution in [1.29, 1.82) is 0 Å². The number of rotatable bonds is 2. The number of benzene rings is 1. The highest BCUT2D eigenvalue weighted by Gasteiger charge is 2.64. The fourth-order valence-corrected chi connectivity index (χ4v) is 2.15. The molecule has 0 unspecified atom stereocenters. The van der Waals surface area contributed by atoms with Crippen LogP contribution in [0.5, 0.6) is 0 Å². The maximum absolute atomic E-state index is 12.7. The van der Waals surface area contributed by atoms with E-state index in [1.165, 1.54) is 12.1 Å². The van der Waals surface area contributed by atoms with Gasteiger partial charge in [0.25, 0.3) is 5.91 Å². The first-order valence-corrected chi connectivity index (χ1v) is 6.27. The maximum Gasteiger partial charge on any atom is 0.411 e. The third kappa shape index (κ3) is 2.36. The predicted molar refractivity (Wildman–Crippen MR) is 64.6 cm³/mol. The van der Waals surface area contributed by atoms with E-state index in [0.29, 0.717) is 4.47 Å². The van der Waals surface area contributed by atoms with Crippen LogP contribution in [0.2, 0.25) is 5.02 Å². The highest BCUT2D eigenvalue weighted by atomic mass is 79.9. The Morgan fingerprint density at radius 3 is 2.50 bits per heavy atom. The third-order valence-corrected chi connectivity index (χ3v) is 4.14. The second kappa shape index (κ2) is 4.42. The number of alkyl halides is 3. The van der Waals surface area contributed by atoms with Crippen LogP contribution in [0.3, 0.4) is 0 Å². The van der Waals surface area contributed by atoms with Gasteiger partial charge in [-0.15, -0.1) is 0 Å². The van der Waals surface area contributed by atoms with Crippen molar-refractivity contribution in [2.75, 3.05) is 0 Å². The molecule has 1 amide bonds. The van der Waals surface area contributed by atoms with Crippen LogP contribution in [0.25, 0.3) is 0 Å². The van der Waals surface area contributed by atoms with Gasteiger partial charge in [0.1, 0.15) is 5.54 Å². The normalized spacial score (nSPS) is 17.4. The molecule has 98 valence electrons. The van der Waals surface area contributed by atoms with Crippen LogP contribution in [0.15, 0.2) is 22.7 Å². The van der Waals surface area contributed by atoms with Crippen molar-refractivity contribution in [3.63, 3.8) is 0 Å². The van der Waals surface area contributed by atoms with Crippen LogP contribution in [-0.4, -0.2) is 17.6 Å². The van der Waals surface area contributed by atoms with Gasteiger partial charge >= 0.3 is 6.18 Å². The number of amides is 1. The van der Waals surface area contributed by atoms with Crippen molar-refractivity contribution in [2.45, 2.75) is 24.6 Å². The Hall–Kier alpha value is -0.750. The fourth-order valence-electron chi connectivity index (χ4n) is 1.57.